The number of aliphatic hydroxyl groups excluding tert-OH is 1. The van der Waals surface area contributed by atoms with Crippen molar-refractivity contribution in [1.82, 2.24) is 15.5 Å². The lowest BCUT2D eigenvalue weighted by Gasteiger charge is -2.06. The standard InChI is InChI=1S/C9H5F3N2O.C9H11FNO2P/c10-9(11,12)7-3-1-6(2-4-7)8-13-5-15-14-8;10-6-2-1-3-7(14)8(6)9(13)11-4-5-12/h1-5H;1-3,12H,4-5,14H2,(H,11,13). The average molecular weight is 429 g/mol. The first-order chi connectivity index (χ1) is 13.7. The molecule has 0 saturated carbocycles. The summed E-state index contributed by atoms with van der Waals surface area (Å²) in [5.74, 6) is -0.807. The summed E-state index contributed by atoms with van der Waals surface area (Å²) in [7, 11) is 2.29. The van der Waals surface area contributed by atoms with E-state index >= 15 is 0 Å². The van der Waals surface area contributed by atoms with Gasteiger partial charge in [0.2, 0.25) is 12.2 Å². The van der Waals surface area contributed by atoms with E-state index in [1.807, 2.05) is 0 Å². The van der Waals surface area contributed by atoms with Gasteiger partial charge in [-0.3, -0.25) is 4.79 Å². The van der Waals surface area contributed by atoms with Gasteiger partial charge in [0, 0.05) is 12.1 Å². The molecular formula is C18H16F4N3O3P. The van der Waals surface area contributed by atoms with Crippen LogP contribution in [-0.4, -0.2) is 34.3 Å². The second kappa shape index (κ2) is 10.1. The van der Waals surface area contributed by atoms with Crippen LogP contribution in [-0.2, 0) is 6.18 Å². The summed E-state index contributed by atoms with van der Waals surface area (Å²) in [6, 6.07) is 8.93. The summed E-state index contributed by atoms with van der Waals surface area (Å²) in [6.45, 7) is -0.0380. The molecule has 0 aliphatic carbocycles. The summed E-state index contributed by atoms with van der Waals surface area (Å²) in [5, 5.41) is 14.9. The predicted octanol–water partition coefficient (Wildman–Crippen LogP) is 2.80. The van der Waals surface area contributed by atoms with Crippen LogP contribution in [0.5, 0.6) is 0 Å². The van der Waals surface area contributed by atoms with Crippen molar-refractivity contribution in [1.29, 1.82) is 0 Å². The molecule has 0 bridgehead atoms. The molecule has 1 heterocycles. The van der Waals surface area contributed by atoms with Gasteiger partial charge in [-0.2, -0.15) is 18.2 Å². The van der Waals surface area contributed by atoms with Crippen LogP contribution in [0.25, 0.3) is 11.4 Å². The zero-order valence-corrected chi connectivity index (χ0v) is 15.9. The number of rotatable bonds is 4. The molecule has 3 aromatic rings. The average Bonchev–Trinajstić information content (AvgIpc) is 3.21. The Balaban J connectivity index is 0.000000208. The smallest absolute Gasteiger partial charge is 0.395 e. The van der Waals surface area contributed by atoms with Gasteiger partial charge in [0.25, 0.3) is 5.91 Å². The zero-order valence-electron chi connectivity index (χ0n) is 14.8. The highest BCUT2D eigenvalue weighted by Crippen LogP contribution is 2.30. The minimum Gasteiger partial charge on any atom is -0.395 e. The van der Waals surface area contributed by atoms with E-state index in [0.29, 0.717) is 10.9 Å². The topological polar surface area (TPSA) is 88.2 Å². The number of benzene rings is 2. The Hall–Kier alpha value is -2.84. The molecule has 2 aromatic carbocycles. The van der Waals surface area contributed by atoms with Crippen molar-refractivity contribution < 1.29 is 32.0 Å². The Morgan fingerprint density at radius 3 is 2.38 bits per heavy atom. The molecule has 0 aliphatic rings. The quantitative estimate of drug-likeness (QED) is 0.492. The van der Waals surface area contributed by atoms with Crippen molar-refractivity contribution in [2.45, 2.75) is 6.18 Å². The van der Waals surface area contributed by atoms with Crippen molar-refractivity contribution in [3.05, 3.63) is 65.8 Å². The van der Waals surface area contributed by atoms with Crippen LogP contribution in [0.3, 0.4) is 0 Å². The lowest BCUT2D eigenvalue weighted by Crippen LogP contribution is -2.30. The summed E-state index contributed by atoms with van der Waals surface area (Å²) in [6.07, 6.45) is -3.21. The van der Waals surface area contributed by atoms with E-state index in [0.717, 1.165) is 18.5 Å². The molecule has 0 spiro atoms. The summed E-state index contributed by atoms with van der Waals surface area (Å²) >= 11 is 0. The van der Waals surface area contributed by atoms with Gasteiger partial charge in [0.1, 0.15) is 5.82 Å². The number of amides is 1. The number of hydrogen-bond donors (Lipinski definition) is 2. The van der Waals surface area contributed by atoms with E-state index in [9.17, 15) is 22.4 Å². The van der Waals surface area contributed by atoms with Crippen LogP contribution >= 0.6 is 9.24 Å². The third kappa shape index (κ3) is 6.33. The SMILES string of the molecule is FC(F)(F)c1ccc(-c2ncon2)cc1.O=C(NCCO)c1c(F)cccc1P. The lowest BCUT2D eigenvalue weighted by atomic mass is 10.1. The van der Waals surface area contributed by atoms with Gasteiger partial charge in [0.05, 0.1) is 17.7 Å². The Morgan fingerprint density at radius 2 is 1.86 bits per heavy atom. The van der Waals surface area contributed by atoms with Gasteiger partial charge in [-0.25, -0.2) is 4.39 Å². The fourth-order valence-corrected chi connectivity index (χ4v) is 2.52. The first-order valence-corrected chi connectivity index (χ1v) is 8.68. The normalized spacial score (nSPS) is 10.8. The zero-order chi connectivity index (χ0) is 21.4. The molecule has 11 heteroatoms. The number of nitrogens with zero attached hydrogens (tertiary/aromatic N) is 2. The molecule has 3 rings (SSSR count). The highest BCUT2D eigenvalue weighted by molar-refractivity contribution is 7.27. The second-order valence-electron chi connectivity index (χ2n) is 5.51. The number of halogens is 4. The van der Waals surface area contributed by atoms with Crippen molar-refractivity contribution in [2.75, 3.05) is 13.2 Å². The highest BCUT2D eigenvalue weighted by atomic mass is 31.0. The number of carbonyl (C=O) groups is 1. The minimum absolute atomic E-state index is 0.00551. The highest BCUT2D eigenvalue weighted by Gasteiger charge is 2.30. The third-order valence-electron chi connectivity index (χ3n) is 3.50. The predicted molar refractivity (Wildman–Crippen MR) is 99.9 cm³/mol. The Kier molecular flexibility index (Phi) is 7.81. The number of nitrogens with one attached hydrogen (secondary N) is 1. The van der Waals surface area contributed by atoms with Crippen LogP contribution in [0, 0.1) is 5.82 Å². The van der Waals surface area contributed by atoms with E-state index < -0.39 is 23.5 Å². The molecule has 0 aliphatic heterocycles. The van der Waals surface area contributed by atoms with Crippen LogP contribution in [0.2, 0.25) is 0 Å². The summed E-state index contributed by atoms with van der Waals surface area (Å²) in [4.78, 5) is 15.1. The summed E-state index contributed by atoms with van der Waals surface area (Å²) < 4.78 is 54.3. The number of alkyl halides is 3. The van der Waals surface area contributed by atoms with Gasteiger partial charge >= 0.3 is 6.18 Å². The molecular weight excluding hydrogens is 413 g/mol. The number of aromatic nitrogens is 2. The first kappa shape index (κ1) is 22.4. The maximum atomic E-state index is 13.2. The monoisotopic (exact) mass is 429 g/mol. The van der Waals surface area contributed by atoms with Crippen molar-refractivity contribution in [3.8, 4) is 11.4 Å². The summed E-state index contributed by atoms with van der Waals surface area (Å²) in [5.41, 5.74) is -0.211. The van der Waals surface area contributed by atoms with Crippen LogP contribution in [0.15, 0.2) is 53.4 Å². The van der Waals surface area contributed by atoms with E-state index in [2.05, 4.69) is 29.2 Å². The van der Waals surface area contributed by atoms with E-state index in [1.54, 1.807) is 6.07 Å². The fourth-order valence-electron chi connectivity index (χ4n) is 2.14. The lowest BCUT2D eigenvalue weighted by molar-refractivity contribution is -0.137. The van der Waals surface area contributed by atoms with E-state index in [1.165, 1.54) is 24.3 Å². The number of hydrogen-bond acceptors (Lipinski definition) is 5. The third-order valence-corrected chi connectivity index (χ3v) is 3.98. The molecule has 1 amide bonds. The maximum absolute atomic E-state index is 13.2. The molecule has 154 valence electrons. The van der Waals surface area contributed by atoms with Gasteiger partial charge in [-0.15, -0.1) is 9.24 Å². The number of carbonyl (C=O) groups excluding carboxylic acids is 1. The Morgan fingerprint density at radius 1 is 1.17 bits per heavy atom. The van der Waals surface area contributed by atoms with Crippen LogP contribution in [0.4, 0.5) is 17.6 Å². The number of aliphatic hydroxyl groups is 1. The molecule has 0 saturated heterocycles. The molecule has 0 fully saturated rings. The molecule has 29 heavy (non-hydrogen) atoms. The van der Waals surface area contributed by atoms with Crippen molar-refractivity contribution in [3.63, 3.8) is 0 Å². The van der Waals surface area contributed by atoms with E-state index in [-0.39, 0.29) is 24.5 Å². The Labute approximate surface area is 165 Å². The van der Waals surface area contributed by atoms with Crippen LogP contribution in [0.1, 0.15) is 15.9 Å². The fraction of sp³-hybridized carbons (Fsp3) is 0.167. The van der Waals surface area contributed by atoms with Gasteiger partial charge < -0.3 is 14.9 Å². The van der Waals surface area contributed by atoms with Crippen LogP contribution < -0.4 is 10.6 Å². The second-order valence-corrected chi connectivity index (χ2v) is 6.14. The van der Waals surface area contributed by atoms with Gasteiger partial charge in [-0.1, -0.05) is 29.4 Å². The van der Waals surface area contributed by atoms with Crippen molar-refractivity contribution in [2.24, 2.45) is 0 Å². The van der Waals surface area contributed by atoms with Gasteiger partial charge in [-0.05, 0) is 23.5 Å². The minimum atomic E-state index is -4.32. The molecule has 1 unspecified atom stereocenters. The van der Waals surface area contributed by atoms with E-state index in [4.69, 9.17) is 5.11 Å². The molecule has 0 radical (unpaired) electrons. The van der Waals surface area contributed by atoms with Gasteiger partial charge in [0.15, 0.2) is 0 Å². The molecule has 2 N–H and O–H groups in total. The Bertz CT molecular complexity index is 912. The molecule has 1 aromatic heterocycles. The first-order valence-electron chi connectivity index (χ1n) is 8.11. The maximum Gasteiger partial charge on any atom is 0.416 e. The largest absolute Gasteiger partial charge is 0.416 e. The molecule has 6 nitrogen and oxygen atoms in total. The van der Waals surface area contributed by atoms with Crippen molar-refractivity contribution >= 4 is 20.5 Å². The molecule has 1 atom stereocenters.